The fourth-order valence-electron chi connectivity index (χ4n) is 2.32. The third-order valence-corrected chi connectivity index (χ3v) is 3.99. The van der Waals surface area contributed by atoms with Gasteiger partial charge in [0.1, 0.15) is 12.6 Å². The fourth-order valence-corrected chi connectivity index (χ4v) is 2.32. The van der Waals surface area contributed by atoms with Crippen LogP contribution in [0.4, 0.5) is 0 Å². The van der Waals surface area contributed by atoms with E-state index in [-0.39, 0.29) is 19.2 Å². The molecule has 0 bridgehead atoms. The molecule has 31 heavy (non-hydrogen) atoms. The lowest BCUT2D eigenvalue weighted by Gasteiger charge is -2.07. The molecule has 0 rings (SSSR count). The van der Waals surface area contributed by atoms with Gasteiger partial charge in [0.2, 0.25) is 0 Å². The topological polar surface area (TPSA) is 97.3 Å². The minimum absolute atomic E-state index is 0.0141. The van der Waals surface area contributed by atoms with Crippen molar-refractivity contribution in [3.05, 3.63) is 72.9 Å². The maximum Gasteiger partial charge on any atom is 0.306 e. The van der Waals surface area contributed by atoms with Crippen LogP contribution in [0.25, 0.3) is 0 Å². The summed E-state index contributed by atoms with van der Waals surface area (Å²) in [5.41, 5.74) is 0. The molecule has 0 aliphatic carbocycles. The predicted molar refractivity (Wildman–Crippen MR) is 128 cm³/mol. The molecule has 0 saturated heterocycles. The maximum atomic E-state index is 11.6. The highest BCUT2D eigenvalue weighted by molar-refractivity contribution is 5.69. The van der Waals surface area contributed by atoms with Crippen molar-refractivity contribution < 1.29 is 14.6 Å². The van der Waals surface area contributed by atoms with E-state index in [2.05, 4.69) is 78.0 Å². The number of hydrogen-bond donors (Lipinski definition) is 2. The largest absolute Gasteiger partial charge is 0.463 e. The molecule has 172 valence electrons. The van der Waals surface area contributed by atoms with Crippen molar-refractivity contribution in [3.63, 3.8) is 0 Å². The van der Waals surface area contributed by atoms with Crippen molar-refractivity contribution in [1.29, 1.82) is 0 Å². The van der Waals surface area contributed by atoms with Crippen LogP contribution in [0.15, 0.2) is 83.2 Å². The van der Waals surface area contributed by atoms with Gasteiger partial charge in [-0.1, -0.05) is 85.1 Å². The quantitative estimate of drug-likeness (QED) is 0.0961. The molecule has 0 radical (unpaired) electrons. The summed E-state index contributed by atoms with van der Waals surface area (Å²) < 4.78 is 5.01. The summed E-state index contributed by atoms with van der Waals surface area (Å²) in [6, 6.07) is -0.597. The number of carbonyl (C=O) groups is 1. The molecule has 0 aromatic rings. The molecule has 6 heteroatoms. The van der Waals surface area contributed by atoms with Crippen LogP contribution in [0, 0.1) is 0 Å². The van der Waals surface area contributed by atoms with Crippen LogP contribution in [-0.2, 0) is 9.53 Å². The summed E-state index contributed by atoms with van der Waals surface area (Å²) in [6.45, 7) is 1.87. The van der Waals surface area contributed by atoms with Gasteiger partial charge >= 0.3 is 5.97 Å². The monoisotopic (exact) mass is 429 g/mol. The van der Waals surface area contributed by atoms with Gasteiger partial charge in [0.15, 0.2) is 0 Å². The minimum Gasteiger partial charge on any atom is -0.463 e. The molecule has 0 heterocycles. The van der Waals surface area contributed by atoms with Crippen LogP contribution in [0.2, 0.25) is 0 Å². The van der Waals surface area contributed by atoms with Crippen molar-refractivity contribution in [2.75, 3.05) is 13.2 Å². The zero-order valence-electron chi connectivity index (χ0n) is 18.8. The highest BCUT2D eigenvalue weighted by Gasteiger charge is 2.09. The Bertz CT molecular complexity index is 632. The van der Waals surface area contributed by atoms with Crippen LogP contribution < -0.4 is 5.84 Å². The number of aliphatic hydroxyl groups excluding tert-OH is 1. The smallest absolute Gasteiger partial charge is 0.306 e. The van der Waals surface area contributed by atoms with Gasteiger partial charge in [-0.2, -0.15) is 5.11 Å². The van der Waals surface area contributed by atoms with Crippen LogP contribution in [0.3, 0.4) is 0 Å². The molecule has 0 amide bonds. The number of nitrogens with two attached hydrogens (primary N) is 1. The molecule has 0 aromatic carbocycles. The number of nitrogens with zero attached hydrogens (tertiary/aromatic N) is 2. The van der Waals surface area contributed by atoms with Gasteiger partial charge in [-0.05, 0) is 44.9 Å². The van der Waals surface area contributed by atoms with Gasteiger partial charge in [0, 0.05) is 6.42 Å². The zero-order chi connectivity index (χ0) is 22.8. The van der Waals surface area contributed by atoms with Gasteiger partial charge in [0.25, 0.3) is 0 Å². The van der Waals surface area contributed by atoms with Gasteiger partial charge < -0.3 is 15.7 Å². The highest BCUT2D eigenvalue weighted by Crippen LogP contribution is 2.00. The van der Waals surface area contributed by atoms with E-state index >= 15 is 0 Å². The Morgan fingerprint density at radius 2 is 1.29 bits per heavy atom. The molecule has 0 aliphatic heterocycles. The third kappa shape index (κ3) is 21.8. The molecule has 0 fully saturated rings. The second-order valence-electron chi connectivity index (χ2n) is 6.70. The normalized spacial score (nSPS) is 14.0. The Hall–Kier alpha value is -2.73. The van der Waals surface area contributed by atoms with E-state index in [1.165, 1.54) is 0 Å². The molecule has 6 nitrogen and oxygen atoms in total. The summed E-state index contributed by atoms with van der Waals surface area (Å²) in [6.07, 6.45) is 32.5. The average Bonchev–Trinajstić information content (AvgIpc) is 2.78. The van der Waals surface area contributed by atoms with Crippen LogP contribution in [0.5, 0.6) is 0 Å². The van der Waals surface area contributed by atoms with Gasteiger partial charge in [0.05, 0.1) is 6.61 Å². The number of allylic oxidation sites excluding steroid dienone is 12. The van der Waals surface area contributed by atoms with Crippen molar-refractivity contribution in [3.8, 4) is 0 Å². The van der Waals surface area contributed by atoms with Crippen molar-refractivity contribution in [2.24, 2.45) is 16.2 Å². The van der Waals surface area contributed by atoms with E-state index in [1.807, 2.05) is 12.2 Å². The lowest BCUT2D eigenvalue weighted by Crippen LogP contribution is -2.20. The highest BCUT2D eigenvalue weighted by atomic mass is 16.5. The van der Waals surface area contributed by atoms with E-state index < -0.39 is 6.04 Å². The Morgan fingerprint density at radius 1 is 0.839 bits per heavy atom. The molecule has 1 atom stereocenters. The Kier molecular flexibility index (Phi) is 21.5. The average molecular weight is 430 g/mol. The number of rotatable bonds is 18. The first-order valence-corrected chi connectivity index (χ1v) is 11.0. The summed E-state index contributed by atoms with van der Waals surface area (Å²) >= 11 is 0. The molecule has 0 aliphatic rings. The van der Waals surface area contributed by atoms with E-state index in [0.717, 1.165) is 38.5 Å². The Morgan fingerprint density at radius 3 is 1.71 bits per heavy atom. The summed E-state index contributed by atoms with van der Waals surface area (Å²) in [4.78, 5) is 11.6. The summed E-state index contributed by atoms with van der Waals surface area (Å²) in [5, 5.41) is 15.6. The van der Waals surface area contributed by atoms with Gasteiger partial charge in [-0.25, -0.2) is 0 Å². The van der Waals surface area contributed by atoms with Crippen molar-refractivity contribution >= 4 is 5.97 Å². The van der Waals surface area contributed by atoms with E-state index in [1.54, 1.807) is 0 Å². The first kappa shape index (κ1) is 28.3. The number of ether oxygens (including phenoxy) is 1. The fraction of sp³-hybridized carbons (Fsp3) is 0.480. The maximum absolute atomic E-state index is 11.6. The molecule has 0 spiro atoms. The molecule has 0 saturated carbocycles. The minimum atomic E-state index is -0.597. The zero-order valence-corrected chi connectivity index (χ0v) is 18.8. The summed E-state index contributed by atoms with van der Waals surface area (Å²) in [5.74, 6) is 4.58. The van der Waals surface area contributed by atoms with Crippen molar-refractivity contribution in [1.82, 2.24) is 0 Å². The van der Waals surface area contributed by atoms with Gasteiger partial charge in [-0.3, -0.25) is 4.79 Å². The lowest BCUT2D eigenvalue weighted by atomic mass is 10.2. The van der Waals surface area contributed by atoms with E-state index in [4.69, 9.17) is 15.7 Å². The third-order valence-electron chi connectivity index (χ3n) is 3.99. The van der Waals surface area contributed by atoms with Crippen LogP contribution >= 0.6 is 0 Å². The molecular weight excluding hydrogens is 390 g/mol. The standard InChI is InChI=1S/C25H39N3O3/c1-2-3-4-5-6-7-8-9-10-11-12-13-14-15-16-17-18-19-20-21-25(30)31-23-24(22-29)27-28-26/h3-4,6-7,9-10,12-13,15-16,18-19,24,29H,2,5,8,11,14,17,20-23H2,1H3,(H2,26,27)/b4-3-,7-6-,10-9-,13-12-,16-15-,19-18-. The number of esters is 1. The molecule has 3 N–H and O–H groups in total. The lowest BCUT2D eigenvalue weighted by molar-refractivity contribution is -0.144. The number of hydrogen-bond acceptors (Lipinski definition) is 5. The summed E-state index contributed by atoms with van der Waals surface area (Å²) in [7, 11) is 0. The van der Waals surface area contributed by atoms with Crippen LogP contribution in [-0.4, -0.2) is 30.3 Å². The SMILES string of the molecule is CC/C=C\C/C=C\C/C=C\C/C=C\C/C=C\C/C=C\CCC(=O)OCC(CO)N=NN. The second-order valence-corrected chi connectivity index (χ2v) is 6.70. The number of aliphatic hydroxyl groups is 1. The predicted octanol–water partition coefficient (Wildman–Crippen LogP) is 5.69. The molecule has 0 aromatic heterocycles. The van der Waals surface area contributed by atoms with Crippen LogP contribution in [0.1, 0.15) is 58.3 Å². The van der Waals surface area contributed by atoms with E-state index in [9.17, 15) is 4.79 Å². The number of carbonyl (C=O) groups excluding carboxylic acids is 1. The first-order chi connectivity index (χ1) is 15.2. The van der Waals surface area contributed by atoms with E-state index in [0.29, 0.717) is 12.8 Å². The Balaban J connectivity index is 3.66. The molecule has 1 unspecified atom stereocenters. The Labute approximate surface area is 187 Å². The first-order valence-electron chi connectivity index (χ1n) is 11.0. The van der Waals surface area contributed by atoms with Gasteiger partial charge in [-0.15, -0.1) is 0 Å². The second kappa shape index (κ2) is 23.5. The molecular formula is C25H39N3O3. The van der Waals surface area contributed by atoms with Crippen molar-refractivity contribution in [2.45, 2.75) is 64.3 Å².